The van der Waals surface area contributed by atoms with Gasteiger partial charge in [0, 0.05) is 12.1 Å². The Morgan fingerprint density at radius 3 is 2.36 bits per heavy atom. The van der Waals surface area contributed by atoms with Gasteiger partial charge < -0.3 is 10.9 Å². The average molecular weight is 294 g/mol. The standard InChI is InChI=1S/C16H14N4O2/c17-10-11-6-8-12(9-7-11)14-15(19-22)16(21)20(18-14)13-4-2-1-3-5-13/h1-9,22H,10,17H2. The topological polar surface area (TPSA) is 91.3 Å². The minimum atomic E-state index is -0.466. The van der Waals surface area contributed by atoms with E-state index in [1.165, 1.54) is 5.01 Å². The number of carbonyl (C=O) groups is 1. The molecule has 1 aliphatic rings. The molecule has 0 unspecified atom stereocenters. The van der Waals surface area contributed by atoms with E-state index in [0.717, 1.165) is 5.56 Å². The fourth-order valence-electron chi connectivity index (χ4n) is 2.22. The first-order chi connectivity index (χ1) is 10.7. The van der Waals surface area contributed by atoms with Crippen molar-refractivity contribution >= 4 is 23.0 Å². The summed E-state index contributed by atoms with van der Waals surface area (Å²) in [5.74, 6) is -0.466. The van der Waals surface area contributed by atoms with Crippen LogP contribution in [0.5, 0.6) is 0 Å². The van der Waals surface area contributed by atoms with Crippen molar-refractivity contribution < 1.29 is 10.0 Å². The van der Waals surface area contributed by atoms with Crippen LogP contribution in [-0.4, -0.2) is 22.5 Å². The zero-order valence-electron chi connectivity index (χ0n) is 11.7. The first-order valence-electron chi connectivity index (χ1n) is 6.74. The number of hydrogen-bond acceptors (Lipinski definition) is 5. The van der Waals surface area contributed by atoms with E-state index in [4.69, 9.17) is 5.73 Å². The molecular weight excluding hydrogens is 280 g/mol. The minimum absolute atomic E-state index is 0.0793. The molecule has 1 aliphatic heterocycles. The molecule has 6 nitrogen and oxygen atoms in total. The van der Waals surface area contributed by atoms with E-state index in [1.807, 2.05) is 30.3 Å². The van der Waals surface area contributed by atoms with Gasteiger partial charge in [-0.15, -0.1) is 0 Å². The maximum atomic E-state index is 12.3. The Morgan fingerprint density at radius 1 is 1.09 bits per heavy atom. The summed E-state index contributed by atoms with van der Waals surface area (Å²) in [6.07, 6.45) is 0. The number of para-hydroxylation sites is 1. The zero-order valence-corrected chi connectivity index (χ0v) is 11.7. The highest BCUT2D eigenvalue weighted by Gasteiger charge is 2.34. The summed E-state index contributed by atoms with van der Waals surface area (Å²) in [4.78, 5) is 12.3. The Kier molecular flexibility index (Phi) is 3.67. The third-order valence-corrected chi connectivity index (χ3v) is 3.38. The molecule has 0 aliphatic carbocycles. The lowest BCUT2D eigenvalue weighted by Crippen LogP contribution is -2.27. The number of benzene rings is 2. The van der Waals surface area contributed by atoms with Gasteiger partial charge in [0.2, 0.25) is 0 Å². The predicted octanol–water partition coefficient (Wildman–Crippen LogP) is 1.73. The summed E-state index contributed by atoms with van der Waals surface area (Å²) in [5, 5.41) is 17.8. The van der Waals surface area contributed by atoms with Crippen molar-refractivity contribution in [1.82, 2.24) is 0 Å². The van der Waals surface area contributed by atoms with Gasteiger partial charge in [-0.3, -0.25) is 4.79 Å². The molecule has 0 saturated heterocycles. The van der Waals surface area contributed by atoms with Gasteiger partial charge >= 0.3 is 5.91 Å². The second-order valence-electron chi connectivity index (χ2n) is 4.75. The number of oxime groups is 1. The van der Waals surface area contributed by atoms with Gasteiger partial charge in [0.15, 0.2) is 5.71 Å². The highest BCUT2D eigenvalue weighted by atomic mass is 16.4. The molecule has 2 aromatic rings. The zero-order chi connectivity index (χ0) is 15.5. The van der Waals surface area contributed by atoms with Crippen molar-refractivity contribution in [3.05, 3.63) is 65.7 Å². The van der Waals surface area contributed by atoms with Gasteiger partial charge in [0.05, 0.1) is 5.69 Å². The van der Waals surface area contributed by atoms with Gasteiger partial charge in [0.1, 0.15) is 5.71 Å². The number of hydrogen-bond donors (Lipinski definition) is 2. The molecule has 1 heterocycles. The molecule has 6 heteroatoms. The number of carbonyl (C=O) groups excluding carboxylic acids is 1. The van der Waals surface area contributed by atoms with Crippen LogP contribution in [0.15, 0.2) is 64.9 Å². The third-order valence-electron chi connectivity index (χ3n) is 3.38. The van der Waals surface area contributed by atoms with Crippen LogP contribution in [0.25, 0.3) is 0 Å². The van der Waals surface area contributed by atoms with Crippen LogP contribution in [-0.2, 0) is 11.3 Å². The summed E-state index contributed by atoms with van der Waals surface area (Å²) < 4.78 is 0. The number of nitrogens with two attached hydrogens (primary N) is 1. The maximum Gasteiger partial charge on any atom is 0.303 e. The lowest BCUT2D eigenvalue weighted by atomic mass is 10.0. The van der Waals surface area contributed by atoms with E-state index in [2.05, 4.69) is 10.3 Å². The normalized spacial score (nSPS) is 16.2. The van der Waals surface area contributed by atoms with Crippen LogP contribution in [0.2, 0.25) is 0 Å². The molecule has 0 bridgehead atoms. The molecule has 0 saturated carbocycles. The number of anilines is 1. The molecule has 3 N–H and O–H groups in total. The fourth-order valence-corrected chi connectivity index (χ4v) is 2.22. The van der Waals surface area contributed by atoms with Crippen molar-refractivity contribution in [3.63, 3.8) is 0 Å². The van der Waals surface area contributed by atoms with Crippen molar-refractivity contribution in [2.24, 2.45) is 16.0 Å². The first-order valence-corrected chi connectivity index (χ1v) is 6.74. The second kappa shape index (κ2) is 5.79. The quantitative estimate of drug-likeness (QED) is 0.667. The SMILES string of the molecule is NCc1ccc(C2=NN(c3ccccc3)C(=O)C2=NO)cc1. The second-order valence-corrected chi connectivity index (χ2v) is 4.75. The largest absolute Gasteiger partial charge is 0.410 e. The van der Waals surface area contributed by atoms with Crippen LogP contribution in [0.1, 0.15) is 11.1 Å². The molecule has 2 aromatic carbocycles. The number of rotatable bonds is 3. The molecule has 0 spiro atoms. The van der Waals surface area contributed by atoms with Crippen LogP contribution in [0.4, 0.5) is 5.69 Å². The van der Waals surface area contributed by atoms with Crippen LogP contribution in [0.3, 0.4) is 0 Å². The molecule has 110 valence electrons. The molecule has 0 radical (unpaired) electrons. The molecule has 22 heavy (non-hydrogen) atoms. The number of nitrogens with zero attached hydrogens (tertiary/aromatic N) is 3. The maximum absolute atomic E-state index is 12.3. The Bertz CT molecular complexity index is 751. The summed E-state index contributed by atoms with van der Waals surface area (Å²) >= 11 is 0. The summed E-state index contributed by atoms with van der Waals surface area (Å²) in [5.41, 5.74) is 8.10. The lowest BCUT2D eigenvalue weighted by molar-refractivity contribution is -0.112. The van der Waals surface area contributed by atoms with Crippen LogP contribution >= 0.6 is 0 Å². The molecule has 0 atom stereocenters. The smallest absolute Gasteiger partial charge is 0.303 e. The Labute approximate surface area is 127 Å². The molecule has 1 amide bonds. The van der Waals surface area contributed by atoms with E-state index >= 15 is 0 Å². The Hall–Kier alpha value is -2.99. The van der Waals surface area contributed by atoms with Gasteiger partial charge in [-0.2, -0.15) is 10.1 Å². The van der Waals surface area contributed by atoms with E-state index < -0.39 is 5.91 Å². The van der Waals surface area contributed by atoms with Crippen molar-refractivity contribution in [2.75, 3.05) is 5.01 Å². The van der Waals surface area contributed by atoms with Crippen molar-refractivity contribution in [1.29, 1.82) is 0 Å². The highest BCUT2D eigenvalue weighted by molar-refractivity contribution is 6.74. The number of hydrazone groups is 1. The fraction of sp³-hybridized carbons (Fsp3) is 0.0625. The molecule has 3 rings (SSSR count). The Morgan fingerprint density at radius 2 is 1.77 bits per heavy atom. The van der Waals surface area contributed by atoms with E-state index in [1.54, 1.807) is 24.3 Å². The highest BCUT2D eigenvalue weighted by Crippen LogP contribution is 2.21. The van der Waals surface area contributed by atoms with Gasteiger partial charge in [-0.05, 0) is 17.7 Å². The summed E-state index contributed by atoms with van der Waals surface area (Å²) in [6, 6.07) is 16.3. The average Bonchev–Trinajstić information content (AvgIpc) is 2.92. The predicted molar refractivity (Wildman–Crippen MR) is 84.0 cm³/mol. The van der Waals surface area contributed by atoms with Crippen LogP contribution in [0, 0.1) is 0 Å². The van der Waals surface area contributed by atoms with Gasteiger partial charge in [0.25, 0.3) is 0 Å². The monoisotopic (exact) mass is 294 g/mol. The van der Waals surface area contributed by atoms with E-state index in [0.29, 0.717) is 23.5 Å². The van der Waals surface area contributed by atoms with E-state index in [9.17, 15) is 10.0 Å². The van der Waals surface area contributed by atoms with Crippen LogP contribution < -0.4 is 10.7 Å². The lowest BCUT2D eigenvalue weighted by Gasteiger charge is -2.09. The Balaban J connectivity index is 2.03. The molecule has 0 aromatic heterocycles. The molecule has 0 fully saturated rings. The van der Waals surface area contributed by atoms with Crippen molar-refractivity contribution in [2.45, 2.75) is 6.54 Å². The number of amides is 1. The summed E-state index contributed by atoms with van der Waals surface area (Å²) in [7, 11) is 0. The molecular formula is C16H14N4O2. The third kappa shape index (κ3) is 2.36. The minimum Gasteiger partial charge on any atom is -0.410 e. The van der Waals surface area contributed by atoms with Gasteiger partial charge in [-0.25, -0.2) is 0 Å². The van der Waals surface area contributed by atoms with Gasteiger partial charge in [-0.1, -0.05) is 47.6 Å². The van der Waals surface area contributed by atoms with E-state index in [-0.39, 0.29) is 5.71 Å². The first kappa shape index (κ1) is 14.0. The van der Waals surface area contributed by atoms with Crippen molar-refractivity contribution in [3.8, 4) is 0 Å². The summed E-state index contributed by atoms with van der Waals surface area (Å²) in [6.45, 7) is 0.433.